The van der Waals surface area contributed by atoms with Crippen molar-refractivity contribution in [1.29, 1.82) is 0 Å². The first kappa shape index (κ1) is 11.5. The van der Waals surface area contributed by atoms with Crippen molar-refractivity contribution in [2.75, 3.05) is 0 Å². The van der Waals surface area contributed by atoms with Crippen molar-refractivity contribution in [2.24, 2.45) is 23.5 Å². The molecule has 0 aliphatic heterocycles. The largest absolute Gasteiger partial charge is 0.351 e. The molecule has 4 atom stereocenters. The topological polar surface area (TPSA) is 55.1 Å². The lowest BCUT2D eigenvalue weighted by Crippen LogP contribution is -2.51. The maximum Gasteiger partial charge on any atom is 0.225 e. The highest BCUT2D eigenvalue weighted by Gasteiger charge is 2.50. The van der Waals surface area contributed by atoms with E-state index >= 15 is 0 Å². The van der Waals surface area contributed by atoms with Crippen molar-refractivity contribution in [3.63, 3.8) is 0 Å². The molecule has 0 heterocycles. The van der Waals surface area contributed by atoms with Crippen LogP contribution in [0, 0.1) is 17.8 Å². The number of hydrogen-bond donors (Lipinski definition) is 2. The Morgan fingerprint density at radius 1 is 1.24 bits per heavy atom. The highest BCUT2D eigenvalue weighted by molar-refractivity contribution is 5.81. The molecule has 0 radical (unpaired) electrons. The standard InChI is InChI=1S/C14H24N2O/c1-14(6-2-3-7-14)16-13(17)11-9-4-5-10(8-9)12(11)15/h9-12H,2-8,15H2,1H3,(H,16,17). The van der Waals surface area contributed by atoms with Crippen molar-refractivity contribution in [2.45, 2.75) is 63.5 Å². The Bertz CT molecular complexity index is 320. The van der Waals surface area contributed by atoms with Gasteiger partial charge in [0.1, 0.15) is 0 Å². The van der Waals surface area contributed by atoms with Crippen LogP contribution >= 0.6 is 0 Å². The summed E-state index contributed by atoms with van der Waals surface area (Å²) >= 11 is 0. The minimum absolute atomic E-state index is 0.0542. The molecule has 0 spiro atoms. The van der Waals surface area contributed by atoms with Crippen LogP contribution in [0.25, 0.3) is 0 Å². The number of rotatable bonds is 2. The van der Waals surface area contributed by atoms with Gasteiger partial charge in [-0.3, -0.25) is 4.79 Å². The molecular weight excluding hydrogens is 212 g/mol. The van der Waals surface area contributed by atoms with E-state index in [1.54, 1.807) is 0 Å². The van der Waals surface area contributed by atoms with E-state index in [1.165, 1.54) is 32.1 Å². The number of carbonyl (C=O) groups is 1. The monoisotopic (exact) mass is 236 g/mol. The minimum Gasteiger partial charge on any atom is -0.351 e. The van der Waals surface area contributed by atoms with Gasteiger partial charge in [-0.15, -0.1) is 0 Å². The lowest BCUT2D eigenvalue weighted by atomic mass is 9.83. The molecule has 0 aromatic carbocycles. The summed E-state index contributed by atoms with van der Waals surface area (Å²) < 4.78 is 0. The number of fused-ring (bicyclic) bond motifs is 2. The number of nitrogens with two attached hydrogens (primary N) is 1. The first-order valence-electron chi connectivity index (χ1n) is 7.17. The summed E-state index contributed by atoms with van der Waals surface area (Å²) in [7, 11) is 0. The van der Waals surface area contributed by atoms with Crippen LogP contribution in [-0.2, 0) is 4.79 Å². The van der Waals surface area contributed by atoms with Gasteiger partial charge in [0.25, 0.3) is 0 Å². The predicted molar refractivity (Wildman–Crippen MR) is 67.3 cm³/mol. The zero-order valence-corrected chi connectivity index (χ0v) is 10.7. The Balaban J connectivity index is 1.66. The molecule has 3 aliphatic carbocycles. The van der Waals surface area contributed by atoms with Crippen LogP contribution in [0.2, 0.25) is 0 Å². The summed E-state index contributed by atoms with van der Waals surface area (Å²) in [5.74, 6) is 1.53. The van der Waals surface area contributed by atoms with Crippen LogP contribution in [0.1, 0.15) is 51.9 Å². The van der Waals surface area contributed by atoms with Crippen LogP contribution in [0.4, 0.5) is 0 Å². The number of amides is 1. The lowest BCUT2D eigenvalue weighted by molar-refractivity contribution is -0.128. The molecule has 3 rings (SSSR count). The van der Waals surface area contributed by atoms with Gasteiger partial charge < -0.3 is 11.1 Å². The fourth-order valence-corrected chi connectivity index (χ4v) is 4.39. The smallest absolute Gasteiger partial charge is 0.225 e. The van der Waals surface area contributed by atoms with Crippen molar-refractivity contribution in [1.82, 2.24) is 5.32 Å². The molecule has 3 heteroatoms. The molecule has 3 N–H and O–H groups in total. The predicted octanol–water partition coefficient (Wildman–Crippen LogP) is 1.81. The average molecular weight is 236 g/mol. The molecule has 2 bridgehead atoms. The minimum atomic E-state index is 0.0542. The van der Waals surface area contributed by atoms with E-state index in [0.717, 1.165) is 12.8 Å². The second-order valence-corrected chi connectivity index (χ2v) is 6.69. The Morgan fingerprint density at radius 2 is 1.88 bits per heavy atom. The van der Waals surface area contributed by atoms with Gasteiger partial charge in [-0.2, -0.15) is 0 Å². The van der Waals surface area contributed by atoms with E-state index in [1.807, 2.05) is 0 Å². The first-order chi connectivity index (χ1) is 8.09. The zero-order valence-electron chi connectivity index (χ0n) is 10.7. The number of carbonyl (C=O) groups excluding carboxylic acids is 1. The quantitative estimate of drug-likeness (QED) is 0.768. The lowest BCUT2D eigenvalue weighted by Gasteiger charge is -2.32. The molecular formula is C14H24N2O. The Labute approximate surface area is 104 Å². The summed E-state index contributed by atoms with van der Waals surface area (Å²) in [6.07, 6.45) is 8.42. The molecule has 0 saturated heterocycles. The molecule has 0 aromatic rings. The van der Waals surface area contributed by atoms with E-state index in [0.29, 0.717) is 11.8 Å². The first-order valence-corrected chi connectivity index (χ1v) is 7.17. The van der Waals surface area contributed by atoms with Gasteiger partial charge in [-0.1, -0.05) is 12.8 Å². The van der Waals surface area contributed by atoms with Crippen LogP contribution in [0.3, 0.4) is 0 Å². The molecule has 0 aromatic heterocycles. The van der Waals surface area contributed by atoms with Crippen molar-refractivity contribution < 1.29 is 4.79 Å². The normalized spacial score (nSPS) is 42.9. The molecule has 96 valence electrons. The van der Waals surface area contributed by atoms with Crippen molar-refractivity contribution >= 4 is 5.91 Å². The summed E-state index contributed by atoms with van der Waals surface area (Å²) in [6.45, 7) is 2.19. The third kappa shape index (κ3) is 1.88. The Morgan fingerprint density at radius 3 is 2.47 bits per heavy atom. The highest BCUT2D eigenvalue weighted by Crippen LogP contribution is 2.48. The SMILES string of the molecule is CC1(NC(=O)C2C3CCC(C3)C2N)CCCC1. The van der Waals surface area contributed by atoms with Crippen LogP contribution in [0.15, 0.2) is 0 Å². The molecule has 1 amide bonds. The third-order valence-electron chi connectivity index (χ3n) is 5.42. The van der Waals surface area contributed by atoms with Gasteiger partial charge in [0.15, 0.2) is 0 Å². The fourth-order valence-electron chi connectivity index (χ4n) is 4.39. The van der Waals surface area contributed by atoms with E-state index in [2.05, 4.69) is 12.2 Å². The second-order valence-electron chi connectivity index (χ2n) is 6.69. The van der Waals surface area contributed by atoms with Crippen LogP contribution < -0.4 is 11.1 Å². The molecule has 3 nitrogen and oxygen atoms in total. The summed E-state index contributed by atoms with van der Waals surface area (Å²) in [5.41, 5.74) is 6.28. The zero-order chi connectivity index (χ0) is 12.0. The fraction of sp³-hybridized carbons (Fsp3) is 0.929. The van der Waals surface area contributed by atoms with E-state index < -0.39 is 0 Å². The number of hydrogen-bond acceptors (Lipinski definition) is 2. The Hall–Kier alpha value is -0.570. The van der Waals surface area contributed by atoms with Gasteiger partial charge in [0, 0.05) is 11.6 Å². The highest BCUT2D eigenvalue weighted by atomic mass is 16.2. The summed E-state index contributed by atoms with van der Waals surface area (Å²) in [6, 6.07) is 0.124. The Kier molecular flexibility index (Phi) is 2.69. The number of nitrogens with one attached hydrogen (secondary N) is 1. The molecule has 3 saturated carbocycles. The van der Waals surface area contributed by atoms with Crippen molar-refractivity contribution in [3.8, 4) is 0 Å². The van der Waals surface area contributed by atoms with Crippen molar-refractivity contribution in [3.05, 3.63) is 0 Å². The van der Waals surface area contributed by atoms with E-state index in [-0.39, 0.29) is 23.4 Å². The van der Waals surface area contributed by atoms with Gasteiger partial charge in [0.05, 0.1) is 5.92 Å². The van der Waals surface area contributed by atoms with Crippen LogP contribution in [0.5, 0.6) is 0 Å². The van der Waals surface area contributed by atoms with Gasteiger partial charge >= 0.3 is 0 Å². The maximum absolute atomic E-state index is 12.4. The molecule has 3 fully saturated rings. The maximum atomic E-state index is 12.4. The molecule has 17 heavy (non-hydrogen) atoms. The van der Waals surface area contributed by atoms with Gasteiger partial charge in [-0.25, -0.2) is 0 Å². The van der Waals surface area contributed by atoms with Gasteiger partial charge in [-0.05, 0) is 50.9 Å². The summed E-state index contributed by atoms with van der Waals surface area (Å²) in [4.78, 5) is 12.4. The van der Waals surface area contributed by atoms with E-state index in [9.17, 15) is 4.79 Å². The van der Waals surface area contributed by atoms with E-state index in [4.69, 9.17) is 5.73 Å². The molecule has 3 aliphatic rings. The van der Waals surface area contributed by atoms with Gasteiger partial charge in [0.2, 0.25) is 5.91 Å². The van der Waals surface area contributed by atoms with Crippen LogP contribution in [-0.4, -0.2) is 17.5 Å². The average Bonchev–Trinajstić information content (AvgIpc) is 2.93. The third-order valence-corrected chi connectivity index (χ3v) is 5.42. The second kappa shape index (κ2) is 3.98. The summed E-state index contributed by atoms with van der Waals surface area (Å²) in [5, 5.41) is 3.29. The molecule has 4 unspecified atom stereocenters.